The number of aromatic hydroxyl groups is 1. The number of hydrogen-bond donors (Lipinski definition) is 1. The highest BCUT2D eigenvalue weighted by Crippen LogP contribution is 2.39. The molecule has 3 aromatic carbocycles. The molecule has 0 spiro atoms. The summed E-state index contributed by atoms with van der Waals surface area (Å²) in [7, 11) is 0. The van der Waals surface area contributed by atoms with Crippen LogP contribution >= 0.6 is 23.1 Å². The number of phenols is 1. The molecule has 6 heteroatoms. The van der Waals surface area contributed by atoms with Crippen LogP contribution in [0.1, 0.15) is 11.1 Å². The molecule has 0 saturated carbocycles. The molecular weight excluding hydrogens is 412 g/mol. The third-order valence-electron chi connectivity index (χ3n) is 5.30. The van der Waals surface area contributed by atoms with Crippen LogP contribution in [0.2, 0.25) is 0 Å². The third kappa shape index (κ3) is 3.90. The van der Waals surface area contributed by atoms with E-state index in [1.165, 1.54) is 10.5 Å². The largest absolute Gasteiger partial charge is 0.504 e. The fourth-order valence-electron chi connectivity index (χ4n) is 3.80. The molecule has 0 amide bonds. The first-order valence-corrected chi connectivity index (χ1v) is 11.9. The van der Waals surface area contributed by atoms with Gasteiger partial charge >= 0.3 is 0 Å². The summed E-state index contributed by atoms with van der Waals surface area (Å²) < 4.78 is 7.07. The average Bonchev–Trinajstić information content (AvgIpc) is 3.09. The summed E-state index contributed by atoms with van der Waals surface area (Å²) in [6.07, 6.45) is 2.09. The Morgan fingerprint density at radius 1 is 1.13 bits per heavy atom. The fourth-order valence-corrected chi connectivity index (χ4v) is 5.16. The first-order valence-electron chi connectivity index (χ1n) is 9.89. The molecule has 5 rings (SSSR count). The summed E-state index contributed by atoms with van der Waals surface area (Å²) in [6, 6.07) is 20.7. The summed E-state index contributed by atoms with van der Waals surface area (Å²) in [6.45, 7) is 2.95. The van der Waals surface area contributed by atoms with Gasteiger partial charge in [-0.1, -0.05) is 24.3 Å². The minimum Gasteiger partial charge on any atom is -0.504 e. The lowest BCUT2D eigenvalue weighted by Gasteiger charge is -2.19. The second-order valence-electron chi connectivity index (χ2n) is 7.38. The minimum atomic E-state index is 0.188. The zero-order chi connectivity index (χ0) is 20.5. The third-order valence-corrected chi connectivity index (χ3v) is 7.13. The Kier molecular flexibility index (Phi) is 5.37. The second kappa shape index (κ2) is 8.30. The van der Waals surface area contributed by atoms with Crippen LogP contribution in [0.15, 0.2) is 65.6 Å². The van der Waals surface area contributed by atoms with E-state index < -0.39 is 0 Å². The molecule has 2 heterocycles. The molecule has 1 N–H and O–H groups in total. The van der Waals surface area contributed by atoms with Gasteiger partial charge in [0.1, 0.15) is 11.6 Å². The van der Waals surface area contributed by atoms with Crippen molar-refractivity contribution in [2.24, 2.45) is 0 Å². The van der Waals surface area contributed by atoms with Crippen molar-refractivity contribution in [3.8, 4) is 22.1 Å². The number of phenolic OH excluding ortho intramolecular Hbond substituents is 1. The molecule has 152 valence electrons. The Balaban J connectivity index is 1.44. The van der Waals surface area contributed by atoms with Crippen molar-refractivity contribution in [2.45, 2.75) is 18.0 Å². The first kappa shape index (κ1) is 19.4. The van der Waals surface area contributed by atoms with Crippen LogP contribution in [0, 0.1) is 0 Å². The maximum atomic E-state index is 10.7. The number of nitrogens with zero attached hydrogens (tertiary/aromatic N) is 2. The zero-order valence-corrected chi connectivity index (χ0v) is 18.3. The van der Waals surface area contributed by atoms with E-state index in [0.29, 0.717) is 12.4 Å². The average molecular weight is 435 g/mol. The van der Waals surface area contributed by atoms with E-state index in [1.807, 2.05) is 18.2 Å². The van der Waals surface area contributed by atoms with Crippen LogP contribution in [-0.4, -0.2) is 34.4 Å². The monoisotopic (exact) mass is 434 g/mol. The van der Waals surface area contributed by atoms with Crippen molar-refractivity contribution in [1.82, 2.24) is 9.88 Å². The van der Waals surface area contributed by atoms with E-state index in [0.717, 1.165) is 46.0 Å². The molecule has 0 aliphatic carbocycles. The molecule has 0 fully saturated rings. The molecule has 0 unspecified atom stereocenters. The molecule has 0 bridgehead atoms. The summed E-state index contributed by atoms with van der Waals surface area (Å²) in [4.78, 5) is 8.39. The van der Waals surface area contributed by atoms with E-state index in [4.69, 9.17) is 9.72 Å². The number of ether oxygens (including phenoxy) is 1. The number of aromatic nitrogens is 1. The van der Waals surface area contributed by atoms with Crippen molar-refractivity contribution in [2.75, 3.05) is 19.4 Å². The molecule has 1 aliphatic heterocycles. The number of thiazole rings is 1. The highest BCUT2D eigenvalue weighted by molar-refractivity contribution is 7.98. The Bertz CT molecular complexity index is 1150. The second-order valence-corrected chi connectivity index (χ2v) is 9.29. The van der Waals surface area contributed by atoms with Crippen molar-refractivity contribution < 1.29 is 9.84 Å². The number of thioether (sulfide) groups is 1. The van der Waals surface area contributed by atoms with Crippen molar-refractivity contribution in [3.05, 3.63) is 71.8 Å². The number of rotatable bonds is 4. The number of fused-ring (bicyclic) bond motifs is 2. The number of hydrogen-bond acceptors (Lipinski definition) is 6. The van der Waals surface area contributed by atoms with Crippen LogP contribution in [0.5, 0.6) is 11.5 Å². The van der Waals surface area contributed by atoms with Crippen LogP contribution in [0.4, 0.5) is 0 Å². The van der Waals surface area contributed by atoms with Crippen LogP contribution in [-0.2, 0) is 13.1 Å². The lowest BCUT2D eigenvalue weighted by atomic mass is 10.1. The van der Waals surface area contributed by atoms with Crippen molar-refractivity contribution in [1.29, 1.82) is 0 Å². The van der Waals surface area contributed by atoms with E-state index in [2.05, 4.69) is 47.6 Å². The van der Waals surface area contributed by atoms with Crippen LogP contribution < -0.4 is 4.74 Å². The van der Waals surface area contributed by atoms with Crippen LogP contribution in [0.25, 0.3) is 20.8 Å². The Labute approximate surface area is 184 Å². The summed E-state index contributed by atoms with van der Waals surface area (Å²) in [5, 5.41) is 11.6. The predicted octanol–water partition coefficient (Wildman–Crippen LogP) is 5.79. The Hall–Kier alpha value is -2.54. The topological polar surface area (TPSA) is 45.6 Å². The van der Waals surface area contributed by atoms with Gasteiger partial charge in [0.05, 0.1) is 10.2 Å². The van der Waals surface area contributed by atoms with Crippen molar-refractivity contribution >= 4 is 33.3 Å². The highest BCUT2D eigenvalue weighted by Gasteiger charge is 2.21. The zero-order valence-electron chi connectivity index (χ0n) is 16.7. The fraction of sp³-hybridized carbons (Fsp3) is 0.208. The quantitative estimate of drug-likeness (QED) is 0.412. The maximum absolute atomic E-state index is 10.7. The Morgan fingerprint density at radius 2 is 1.97 bits per heavy atom. The lowest BCUT2D eigenvalue weighted by Crippen LogP contribution is -2.25. The molecule has 4 nitrogen and oxygen atoms in total. The number of para-hydroxylation sites is 1. The molecule has 0 saturated heterocycles. The van der Waals surface area contributed by atoms with E-state index in [9.17, 15) is 5.11 Å². The molecule has 30 heavy (non-hydrogen) atoms. The maximum Gasteiger partial charge on any atom is 0.165 e. The van der Waals surface area contributed by atoms with Gasteiger partial charge in [0.2, 0.25) is 0 Å². The van der Waals surface area contributed by atoms with Gasteiger partial charge < -0.3 is 9.84 Å². The van der Waals surface area contributed by atoms with Gasteiger partial charge in [-0.2, -0.15) is 0 Å². The normalized spacial score (nSPS) is 14.3. The summed E-state index contributed by atoms with van der Waals surface area (Å²) >= 11 is 3.40. The Morgan fingerprint density at radius 3 is 2.77 bits per heavy atom. The molecule has 1 aliphatic rings. The SMILES string of the molecule is CSc1ccc(CN2CCOc3c(O)cc(-c4nc5ccccc5s4)cc3C2)cc1. The van der Waals surface area contributed by atoms with E-state index in [1.54, 1.807) is 29.2 Å². The van der Waals surface area contributed by atoms with Crippen LogP contribution in [0.3, 0.4) is 0 Å². The van der Waals surface area contributed by atoms with Gasteiger partial charge in [0.15, 0.2) is 11.5 Å². The predicted molar refractivity (Wildman–Crippen MR) is 125 cm³/mol. The standard InChI is InChI=1S/C24H22N2O2S2/c1-29-19-8-6-16(7-9-19)14-26-10-11-28-23-18(15-26)12-17(13-21(23)27)24-25-20-4-2-3-5-22(20)30-24/h2-9,12-13,27H,10-11,14-15H2,1H3. The van der Waals surface area contributed by atoms with Gasteiger partial charge in [-0.3, -0.25) is 4.90 Å². The molecular formula is C24H22N2O2S2. The van der Waals surface area contributed by atoms with Gasteiger partial charge in [0, 0.05) is 35.7 Å². The smallest absolute Gasteiger partial charge is 0.165 e. The minimum absolute atomic E-state index is 0.188. The van der Waals surface area contributed by atoms with Gasteiger partial charge in [-0.05, 0) is 48.2 Å². The molecule has 4 aromatic rings. The highest BCUT2D eigenvalue weighted by atomic mass is 32.2. The lowest BCUT2D eigenvalue weighted by molar-refractivity contribution is 0.217. The van der Waals surface area contributed by atoms with Gasteiger partial charge in [-0.15, -0.1) is 23.1 Å². The first-order chi connectivity index (χ1) is 14.7. The van der Waals surface area contributed by atoms with E-state index >= 15 is 0 Å². The van der Waals surface area contributed by atoms with Gasteiger partial charge in [0.25, 0.3) is 0 Å². The molecule has 0 atom stereocenters. The summed E-state index contributed by atoms with van der Waals surface area (Å²) in [5.41, 5.74) is 4.20. The van der Waals surface area contributed by atoms with Crippen molar-refractivity contribution in [3.63, 3.8) is 0 Å². The van der Waals surface area contributed by atoms with E-state index in [-0.39, 0.29) is 5.75 Å². The van der Waals surface area contributed by atoms with Gasteiger partial charge in [-0.25, -0.2) is 4.98 Å². The molecule has 1 aromatic heterocycles. The molecule has 0 radical (unpaired) electrons. The number of benzene rings is 3. The summed E-state index contributed by atoms with van der Waals surface area (Å²) in [5.74, 6) is 0.785.